The van der Waals surface area contributed by atoms with E-state index in [0.29, 0.717) is 49.3 Å². The molecule has 0 bridgehead atoms. The Hall–Kier alpha value is -2.78. The fraction of sp³-hybridized carbons (Fsp3) is 0.250. The van der Waals surface area contributed by atoms with E-state index in [1.54, 1.807) is 24.4 Å². The SMILES string of the molecule is O=C(CN(Cc1cccc(Cl)c1)c1ccccn1)c1ccc(S(=O)(=O)N2CCOCC2)cc1. The second-order valence-electron chi connectivity index (χ2n) is 7.64. The number of carbonyl (C=O) groups is 1. The maximum absolute atomic E-state index is 13.1. The maximum Gasteiger partial charge on any atom is 0.243 e. The number of pyridine rings is 1. The third kappa shape index (κ3) is 5.78. The maximum atomic E-state index is 13.1. The van der Waals surface area contributed by atoms with Gasteiger partial charge in [0.1, 0.15) is 5.82 Å². The molecule has 33 heavy (non-hydrogen) atoms. The van der Waals surface area contributed by atoms with Crippen LogP contribution in [0.4, 0.5) is 5.82 Å². The molecular formula is C24H24ClN3O4S. The van der Waals surface area contributed by atoms with Crippen molar-refractivity contribution >= 4 is 33.2 Å². The summed E-state index contributed by atoms with van der Waals surface area (Å²) < 4.78 is 32.3. The largest absolute Gasteiger partial charge is 0.379 e. The molecule has 0 radical (unpaired) electrons. The first-order chi connectivity index (χ1) is 15.9. The molecular weight excluding hydrogens is 462 g/mol. The summed E-state index contributed by atoms with van der Waals surface area (Å²) >= 11 is 6.12. The number of halogens is 1. The van der Waals surface area contributed by atoms with Crippen LogP contribution in [0.1, 0.15) is 15.9 Å². The van der Waals surface area contributed by atoms with Gasteiger partial charge >= 0.3 is 0 Å². The van der Waals surface area contributed by atoms with Gasteiger partial charge in [0, 0.05) is 36.4 Å². The average molecular weight is 486 g/mol. The molecule has 4 rings (SSSR count). The molecule has 0 spiro atoms. The first-order valence-corrected chi connectivity index (χ1v) is 12.4. The zero-order chi connectivity index (χ0) is 23.3. The summed E-state index contributed by atoms with van der Waals surface area (Å²) in [5.41, 5.74) is 1.39. The van der Waals surface area contributed by atoms with E-state index in [0.717, 1.165) is 5.56 Å². The van der Waals surface area contributed by atoms with E-state index < -0.39 is 10.0 Å². The van der Waals surface area contributed by atoms with Crippen LogP contribution in [-0.4, -0.2) is 56.3 Å². The number of Topliss-reactive ketones (excluding diaryl/α,β-unsaturated/α-hetero) is 1. The van der Waals surface area contributed by atoms with Crippen LogP contribution in [-0.2, 0) is 21.3 Å². The number of sulfonamides is 1. The van der Waals surface area contributed by atoms with Crippen molar-refractivity contribution in [2.24, 2.45) is 0 Å². The number of carbonyl (C=O) groups excluding carboxylic acids is 1. The molecule has 0 unspecified atom stereocenters. The van der Waals surface area contributed by atoms with Crippen LogP contribution in [0.25, 0.3) is 0 Å². The Kier molecular flexibility index (Phi) is 7.39. The number of ketones is 1. The molecule has 0 atom stereocenters. The number of morpholine rings is 1. The van der Waals surface area contributed by atoms with Gasteiger partial charge in [0.25, 0.3) is 0 Å². The van der Waals surface area contributed by atoms with Crippen molar-refractivity contribution in [1.82, 2.24) is 9.29 Å². The minimum Gasteiger partial charge on any atom is -0.379 e. The number of aromatic nitrogens is 1. The summed E-state index contributed by atoms with van der Waals surface area (Å²) in [5, 5.41) is 0.622. The predicted octanol–water partition coefficient (Wildman–Crippen LogP) is 3.65. The topological polar surface area (TPSA) is 79.8 Å². The van der Waals surface area contributed by atoms with Gasteiger partial charge in [0.2, 0.25) is 10.0 Å². The van der Waals surface area contributed by atoms with E-state index in [2.05, 4.69) is 4.98 Å². The molecule has 0 amide bonds. The van der Waals surface area contributed by atoms with E-state index in [-0.39, 0.29) is 17.2 Å². The second-order valence-corrected chi connectivity index (χ2v) is 10.0. The van der Waals surface area contributed by atoms with Gasteiger partial charge in [-0.1, -0.05) is 29.8 Å². The Morgan fingerprint density at radius 1 is 1.03 bits per heavy atom. The van der Waals surface area contributed by atoms with E-state index in [9.17, 15) is 13.2 Å². The van der Waals surface area contributed by atoms with Crippen LogP contribution in [0.15, 0.2) is 77.8 Å². The number of anilines is 1. The lowest BCUT2D eigenvalue weighted by Gasteiger charge is -2.26. The zero-order valence-electron chi connectivity index (χ0n) is 17.9. The van der Waals surface area contributed by atoms with Crippen LogP contribution >= 0.6 is 11.6 Å². The number of rotatable bonds is 8. The van der Waals surface area contributed by atoms with Crippen LogP contribution in [0.3, 0.4) is 0 Å². The van der Waals surface area contributed by atoms with Gasteiger partial charge in [0.05, 0.1) is 24.7 Å². The van der Waals surface area contributed by atoms with E-state index in [4.69, 9.17) is 16.3 Å². The van der Waals surface area contributed by atoms with Crippen molar-refractivity contribution in [1.29, 1.82) is 0 Å². The van der Waals surface area contributed by atoms with Gasteiger partial charge in [0.15, 0.2) is 5.78 Å². The zero-order valence-corrected chi connectivity index (χ0v) is 19.5. The number of hydrogen-bond donors (Lipinski definition) is 0. The van der Waals surface area contributed by atoms with Crippen LogP contribution in [0, 0.1) is 0 Å². The summed E-state index contributed by atoms with van der Waals surface area (Å²) in [7, 11) is -3.61. The first kappa shape index (κ1) is 23.4. The molecule has 2 heterocycles. The molecule has 0 aliphatic carbocycles. The van der Waals surface area contributed by atoms with Crippen molar-refractivity contribution in [2.75, 3.05) is 37.7 Å². The number of hydrogen-bond acceptors (Lipinski definition) is 6. The van der Waals surface area contributed by atoms with Crippen molar-refractivity contribution in [3.8, 4) is 0 Å². The molecule has 1 saturated heterocycles. The van der Waals surface area contributed by atoms with Crippen LogP contribution in [0.2, 0.25) is 5.02 Å². The van der Waals surface area contributed by atoms with Crippen LogP contribution < -0.4 is 4.90 Å². The molecule has 1 aromatic heterocycles. The standard InChI is InChI=1S/C24H24ClN3O4S/c25-21-5-3-4-19(16-21)17-27(24-6-1-2-11-26-24)18-23(29)20-7-9-22(10-8-20)33(30,31)28-12-14-32-15-13-28/h1-11,16H,12-15,17-18H2. The molecule has 1 aliphatic rings. The summed E-state index contributed by atoms with van der Waals surface area (Å²) in [6.45, 7) is 1.95. The third-order valence-corrected chi connectivity index (χ3v) is 7.50. The predicted molar refractivity (Wildman–Crippen MR) is 127 cm³/mol. The number of ether oxygens (including phenoxy) is 1. The summed E-state index contributed by atoms with van der Waals surface area (Å²) in [5.74, 6) is 0.523. The lowest BCUT2D eigenvalue weighted by molar-refractivity contribution is 0.0730. The average Bonchev–Trinajstić information content (AvgIpc) is 2.85. The highest BCUT2D eigenvalue weighted by Crippen LogP contribution is 2.20. The van der Waals surface area contributed by atoms with Crippen molar-refractivity contribution < 1.29 is 17.9 Å². The molecule has 7 nitrogen and oxygen atoms in total. The minimum absolute atomic E-state index is 0.0824. The third-order valence-electron chi connectivity index (χ3n) is 5.35. The molecule has 0 N–H and O–H groups in total. The minimum atomic E-state index is -3.61. The van der Waals surface area contributed by atoms with E-state index in [1.165, 1.54) is 16.4 Å². The molecule has 0 saturated carbocycles. The first-order valence-electron chi connectivity index (χ1n) is 10.5. The highest BCUT2D eigenvalue weighted by atomic mass is 35.5. The lowest BCUT2D eigenvalue weighted by atomic mass is 10.1. The highest BCUT2D eigenvalue weighted by Gasteiger charge is 2.26. The fourth-order valence-corrected chi connectivity index (χ4v) is 5.25. The Labute approximate surface area is 198 Å². The Balaban J connectivity index is 1.51. The molecule has 9 heteroatoms. The Bertz CT molecular complexity index is 1200. The fourth-order valence-electron chi connectivity index (χ4n) is 3.63. The second kappa shape index (κ2) is 10.4. The normalized spacial score (nSPS) is 14.7. The molecule has 1 fully saturated rings. The Morgan fingerprint density at radius 2 is 1.79 bits per heavy atom. The molecule has 2 aromatic carbocycles. The van der Waals surface area contributed by atoms with Crippen molar-refractivity contribution in [3.05, 3.63) is 89.1 Å². The van der Waals surface area contributed by atoms with E-state index >= 15 is 0 Å². The highest BCUT2D eigenvalue weighted by molar-refractivity contribution is 7.89. The molecule has 172 valence electrons. The van der Waals surface area contributed by atoms with Gasteiger partial charge in [-0.25, -0.2) is 13.4 Å². The van der Waals surface area contributed by atoms with Gasteiger partial charge in [-0.2, -0.15) is 4.31 Å². The van der Waals surface area contributed by atoms with Crippen molar-refractivity contribution in [3.63, 3.8) is 0 Å². The monoisotopic (exact) mass is 485 g/mol. The van der Waals surface area contributed by atoms with Gasteiger partial charge in [-0.15, -0.1) is 0 Å². The van der Waals surface area contributed by atoms with Crippen molar-refractivity contribution in [2.45, 2.75) is 11.4 Å². The summed E-state index contributed by atoms with van der Waals surface area (Å²) in [6.07, 6.45) is 1.68. The smallest absolute Gasteiger partial charge is 0.243 e. The number of nitrogens with zero attached hydrogens (tertiary/aromatic N) is 3. The molecule has 1 aliphatic heterocycles. The van der Waals surface area contributed by atoms with Gasteiger partial charge in [-0.3, -0.25) is 4.79 Å². The van der Waals surface area contributed by atoms with Crippen LogP contribution in [0.5, 0.6) is 0 Å². The quantitative estimate of drug-likeness (QED) is 0.453. The van der Waals surface area contributed by atoms with Gasteiger partial charge in [-0.05, 0) is 54.1 Å². The summed E-state index contributed by atoms with van der Waals surface area (Å²) in [4.78, 5) is 19.5. The van der Waals surface area contributed by atoms with E-state index in [1.807, 2.05) is 41.3 Å². The number of benzene rings is 2. The van der Waals surface area contributed by atoms with Gasteiger partial charge < -0.3 is 9.64 Å². The molecule has 3 aromatic rings. The Morgan fingerprint density at radius 3 is 2.45 bits per heavy atom. The lowest BCUT2D eigenvalue weighted by Crippen LogP contribution is -2.40. The summed E-state index contributed by atoms with van der Waals surface area (Å²) in [6, 6.07) is 19.1.